The summed E-state index contributed by atoms with van der Waals surface area (Å²) in [7, 11) is 0. The van der Waals surface area contributed by atoms with Gasteiger partial charge in [0.05, 0.1) is 6.42 Å². The van der Waals surface area contributed by atoms with Crippen molar-refractivity contribution in [3.8, 4) is 0 Å². The molecular formula is C24H31FN2O2. The van der Waals surface area contributed by atoms with Gasteiger partial charge < -0.3 is 10.2 Å². The second-order valence-electron chi connectivity index (χ2n) is 7.32. The zero-order valence-corrected chi connectivity index (χ0v) is 17.6. The molecule has 1 atom stereocenters. The minimum absolute atomic E-state index is 0.123. The molecule has 2 rings (SSSR count). The first-order valence-corrected chi connectivity index (χ1v) is 10.3. The zero-order valence-electron chi connectivity index (χ0n) is 17.6. The van der Waals surface area contributed by atoms with Gasteiger partial charge in [0.2, 0.25) is 11.8 Å². The van der Waals surface area contributed by atoms with Crippen molar-refractivity contribution in [1.29, 1.82) is 0 Å². The molecule has 29 heavy (non-hydrogen) atoms. The van der Waals surface area contributed by atoms with Crippen LogP contribution in [0.3, 0.4) is 0 Å². The van der Waals surface area contributed by atoms with Gasteiger partial charge in [-0.3, -0.25) is 9.59 Å². The van der Waals surface area contributed by atoms with Crippen LogP contribution in [-0.4, -0.2) is 29.3 Å². The van der Waals surface area contributed by atoms with E-state index in [1.165, 1.54) is 12.1 Å². The number of unbranched alkanes of at least 4 members (excludes halogenated alkanes) is 1. The monoisotopic (exact) mass is 398 g/mol. The molecule has 1 unspecified atom stereocenters. The van der Waals surface area contributed by atoms with E-state index in [0.29, 0.717) is 19.5 Å². The van der Waals surface area contributed by atoms with Gasteiger partial charge in [-0.1, -0.05) is 56.7 Å². The lowest BCUT2D eigenvalue weighted by Gasteiger charge is -2.31. The van der Waals surface area contributed by atoms with E-state index in [9.17, 15) is 14.0 Å². The number of halogens is 1. The van der Waals surface area contributed by atoms with E-state index in [4.69, 9.17) is 0 Å². The van der Waals surface area contributed by atoms with Gasteiger partial charge in [0, 0.05) is 13.1 Å². The Morgan fingerprint density at radius 2 is 1.76 bits per heavy atom. The normalized spacial score (nSPS) is 11.7. The first-order chi connectivity index (χ1) is 14.0. The van der Waals surface area contributed by atoms with Crippen molar-refractivity contribution in [2.75, 3.05) is 6.54 Å². The number of benzene rings is 2. The van der Waals surface area contributed by atoms with Crippen LogP contribution in [0.4, 0.5) is 4.39 Å². The van der Waals surface area contributed by atoms with Crippen molar-refractivity contribution in [2.24, 2.45) is 0 Å². The summed E-state index contributed by atoms with van der Waals surface area (Å²) in [6.45, 7) is 6.96. The summed E-state index contributed by atoms with van der Waals surface area (Å²) in [6, 6.07) is 13.3. The highest BCUT2D eigenvalue weighted by atomic mass is 19.1. The van der Waals surface area contributed by atoms with Crippen molar-refractivity contribution in [2.45, 2.75) is 59.0 Å². The molecule has 2 amide bonds. The Morgan fingerprint density at radius 1 is 1.07 bits per heavy atom. The fourth-order valence-electron chi connectivity index (χ4n) is 3.28. The van der Waals surface area contributed by atoms with Crippen LogP contribution < -0.4 is 5.32 Å². The van der Waals surface area contributed by atoms with E-state index in [1.807, 2.05) is 38.1 Å². The van der Waals surface area contributed by atoms with Crippen LogP contribution in [0, 0.1) is 12.7 Å². The van der Waals surface area contributed by atoms with Gasteiger partial charge in [0.15, 0.2) is 0 Å². The number of nitrogens with zero attached hydrogens (tertiary/aromatic N) is 1. The van der Waals surface area contributed by atoms with E-state index < -0.39 is 6.04 Å². The molecule has 0 aliphatic carbocycles. The van der Waals surface area contributed by atoms with Gasteiger partial charge in [0.1, 0.15) is 11.9 Å². The molecule has 0 aliphatic rings. The van der Waals surface area contributed by atoms with Crippen LogP contribution in [0.5, 0.6) is 0 Å². The number of hydrogen-bond acceptors (Lipinski definition) is 2. The number of carbonyl (C=O) groups is 2. The Balaban J connectivity index is 2.25. The first-order valence-electron chi connectivity index (χ1n) is 10.3. The Labute approximate surface area is 173 Å². The molecule has 2 aromatic carbocycles. The fourth-order valence-corrected chi connectivity index (χ4v) is 3.28. The minimum atomic E-state index is -0.542. The molecule has 0 saturated heterocycles. The molecule has 0 spiro atoms. The molecule has 1 N–H and O–H groups in total. The Morgan fingerprint density at radius 3 is 2.38 bits per heavy atom. The lowest BCUT2D eigenvalue weighted by Crippen LogP contribution is -2.49. The van der Waals surface area contributed by atoms with Crippen molar-refractivity contribution in [3.63, 3.8) is 0 Å². The molecule has 0 heterocycles. The summed E-state index contributed by atoms with van der Waals surface area (Å²) in [6.07, 6.45) is 2.56. The zero-order chi connectivity index (χ0) is 21.2. The maximum Gasteiger partial charge on any atom is 0.242 e. The van der Waals surface area contributed by atoms with E-state index in [0.717, 1.165) is 29.5 Å². The second-order valence-corrected chi connectivity index (χ2v) is 7.32. The van der Waals surface area contributed by atoms with Gasteiger partial charge in [-0.25, -0.2) is 4.39 Å². The SMILES string of the molecule is CCCCNC(=O)C(CC)N(Cc1ccccc1C)C(=O)Cc1ccc(F)cc1. The third kappa shape index (κ3) is 6.70. The average molecular weight is 399 g/mol. The van der Waals surface area contributed by atoms with Gasteiger partial charge in [-0.15, -0.1) is 0 Å². The second kappa shape index (κ2) is 11.3. The number of carbonyl (C=O) groups excluding carboxylic acids is 2. The highest BCUT2D eigenvalue weighted by Gasteiger charge is 2.28. The molecule has 0 aliphatic heterocycles. The highest BCUT2D eigenvalue weighted by molar-refractivity contribution is 5.88. The average Bonchev–Trinajstić information content (AvgIpc) is 2.71. The molecule has 0 radical (unpaired) electrons. The number of rotatable bonds is 10. The van der Waals surface area contributed by atoms with Crippen LogP contribution in [0.1, 0.15) is 49.8 Å². The molecule has 5 heteroatoms. The topological polar surface area (TPSA) is 49.4 Å². The van der Waals surface area contributed by atoms with Gasteiger partial charge in [0.25, 0.3) is 0 Å². The molecule has 156 valence electrons. The lowest BCUT2D eigenvalue weighted by atomic mass is 10.0. The number of nitrogens with one attached hydrogen (secondary N) is 1. The fraction of sp³-hybridized carbons (Fsp3) is 0.417. The standard InChI is InChI=1S/C24H31FN2O2/c1-4-6-15-26-24(29)22(5-2)27(17-20-10-8-7-9-18(20)3)23(28)16-19-11-13-21(25)14-12-19/h7-14,22H,4-6,15-17H2,1-3H3,(H,26,29). The van der Waals surface area contributed by atoms with E-state index in [2.05, 4.69) is 12.2 Å². The van der Waals surface area contributed by atoms with E-state index in [-0.39, 0.29) is 24.1 Å². The van der Waals surface area contributed by atoms with Crippen LogP contribution in [0.15, 0.2) is 48.5 Å². The van der Waals surface area contributed by atoms with Crippen LogP contribution in [-0.2, 0) is 22.6 Å². The summed E-state index contributed by atoms with van der Waals surface area (Å²) in [4.78, 5) is 27.7. The summed E-state index contributed by atoms with van der Waals surface area (Å²) in [5.74, 6) is -0.598. The molecule has 2 aromatic rings. The summed E-state index contributed by atoms with van der Waals surface area (Å²) >= 11 is 0. The third-order valence-corrected chi connectivity index (χ3v) is 5.09. The van der Waals surface area contributed by atoms with Gasteiger partial charge in [-0.2, -0.15) is 0 Å². The maximum atomic E-state index is 13.2. The number of aryl methyl sites for hydroxylation is 1. The van der Waals surface area contributed by atoms with Crippen molar-refractivity contribution in [3.05, 3.63) is 71.0 Å². The molecule has 0 saturated carbocycles. The first kappa shape index (κ1) is 22.6. The summed E-state index contributed by atoms with van der Waals surface area (Å²) in [5.41, 5.74) is 2.82. The summed E-state index contributed by atoms with van der Waals surface area (Å²) in [5, 5.41) is 2.96. The van der Waals surface area contributed by atoms with Crippen LogP contribution in [0.2, 0.25) is 0 Å². The number of amides is 2. The summed E-state index contributed by atoms with van der Waals surface area (Å²) < 4.78 is 13.2. The number of hydrogen-bond donors (Lipinski definition) is 1. The predicted molar refractivity (Wildman–Crippen MR) is 114 cm³/mol. The Hall–Kier alpha value is -2.69. The predicted octanol–water partition coefficient (Wildman–Crippen LogP) is 4.40. The molecular weight excluding hydrogens is 367 g/mol. The van der Waals surface area contributed by atoms with Crippen LogP contribution in [0.25, 0.3) is 0 Å². The van der Waals surface area contributed by atoms with E-state index in [1.54, 1.807) is 17.0 Å². The van der Waals surface area contributed by atoms with E-state index >= 15 is 0 Å². The Bertz CT molecular complexity index is 805. The molecule has 0 bridgehead atoms. The van der Waals surface area contributed by atoms with Gasteiger partial charge in [-0.05, 0) is 48.6 Å². The molecule has 0 aromatic heterocycles. The van der Waals surface area contributed by atoms with Crippen LogP contribution >= 0.6 is 0 Å². The quantitative estimate of drug-likeness (QED) is 0.603. The largest absolute Gasteiger partial charge is 0.354 e. The third-order valence-electron chi connectivity index (χ3n) is 5.09. The lowest BCUT2D eigenvalue weighted by molar-refractivity contribution is -0.140. The smallest absolute Gasteiger partial charge is 0.242 e. The molecule has 0 fully saturated rings. The van der Waals surface area contributed by atoms with Crippen molar-refractivity contribution >= 4 is 11.8 Å². The maximum absolute atomic E-state index is 13.2. The van der Waals surface area contributed by atoms with Gasteiger partial charge >= 0.3 is 0 Å². The highest BCUT2D eigenvalue weighted by Crippen LogP contribution is 2.17. The Kier molecular flexibility index (Phi) is 8.84. The molecule has 4 nitrogen and oxygen atoms in total. The minimum Gasteiger partial charge on any atom is -0.354 e. The van der Waals surface area contributed by atoms with Crippen molar-refractivity contribution in [1.82, 2.24) is 10.2 Å². The van der Waals surface area contributed by atoms with Crippen molar-refractivity contribution < 1.29 is 14.0 Å².